The van der Waals surface area contributed by atoms with E-state index in [4.69, 9.17) is 0 Å². The van der Waals surface area contributed by atoms with Gasteiger partial charge in [0.1, 0.15) is 12.1 Å². The first-order chi connectivity index (χ1) is 10.5. The maximum Gasteiger partial charge on any atom is 0.327 e. The number of urea groups is 1. The molecule has 0 bridgehead atoms. The van der Waals surface area contributed by atoms with Crippen LogP contribution >= 0.6 is 12.4 Å². The molecular formula is C15H25ClN4O3. The van der Waals surface area contributed by atoms with Crippen LogP contribution in [0.3, 0.4) is 0 Å². The van der Waals surface area contributed by atoms with Gasteiger partial charge in [0.25, 0.3) is 5.91 Å². The Morgan fingerprint density at radius 3 is 2.48 bits per heavy atom. The van der Waals surface area contributed by atoms with E-state index < -0.39 is 5.54 Å². The maximum absolute atomic E-state index is 12.7. The number of carbonyl (C=O) groups excluding carboxylic acids is 3. The van der Waals surface area contributed by atoms with Gasteiger partial charge in [-0.25, -0.2) is 4.79 Å². The molecule has 1 aliphatic carbocycles. The van der Waals surface area contributed by atoms with Gasteiger partial charge in [-0.1, -0.05) is 19.3 Å². The maximum atomic E-state index is 12.7. The molecule has 23 heavy (non-hydrogen) atoms. The third-order valence-corrected chi connectivity index (χ3v) is 5.24. The quantitative estimate of drug-likeness (QED) is 0.721. The van der Waals surface area contributed by atoms with E-state index in [1.165, 1.54) is 0 Å². The Morgan fingerprint density at radius 2 is 1.91 bits per heavy atom. The monoisotopic (exact) mass is 344 g/mol. The number of rotatable bonds is 4. The van der Waals surface area contributed by atoms with Crippen molar-refractivity contribution in [3.63, 3.8) is 0 Å². The summed E-state index contributed by atoms with van der Waals surface area (Å²) >= 11 is 0. The van der Waals surface area contributed by atoms with Crippen LogP contribution in [0.25, 0.3) is 0 Å². The summed E-state index contributed by atoms with van der Waals surface area (Å²) in [6.45, 7) is 2.26. The fourth-order valence-corrected chi connectivity index (χ4v) is 3.62. The van der Waals surface area contributed by atoms with Crippen LogP contribution < -0.4 is 10.6 Å². The SMILES string of the molecule is CN1C(=O)N(CC(=O)NCC2CNC2)C(=O)C12CCCCC2.Cl. The van der Waals surface area contributed by atoms with Gasteiger partial charge in [0, 0.05) is 32.6 Å². The van der Waals surface area contributed by atoms with Crippen molar-refractivity contribution in [2.45, 2.75) is 37.6 Å². The van der Waals surface area contributed by atoms with Gasteiger partial charge < -0.3 is 15.5 Å². The van der Waals surface area contributed by atoms with E-state index in [0.717, 1.165) is 37.3 Å². The average molecular weight is 345 g/mol. The molecule has 2 aliphatic heterocycles. The molecular weight excluding hydrogens is 320 g/mol. The van der Waals surface area contributed by atoms with Gasteiger partial charge in [0.05, 0.1) is 0 Å². The smallest absolute Gasteiger partial charge is 0.327 e. The third-order valence-electron chi connectivity index (χ3n) is 5.24. The van der Waals surface area contributed by atoms with Gasteiger partial charge >= 0.3 is 6.03 Å². The number of nitrogens with zero attached hydrogens (tertiary/aromatic N) is 2. The van der Waals surface area contributed by atoms with Gasteiger partial charge in [-0.2, -0.15) is 0 Å². The van der Waals surface area contributed by atoms with E-state index in [-0.39, 0.29) is 36.8 Å². The predicted octanol–water partition coefficient (Wildman–Crippen LogP) is 0.341. The van der Waals surface area contributed by atoms with Crippen molar-refractivity contribution in [3.05, 3.63) is 0 Å². The van der Waals surface area contributed by atoms with Crippen LogP contribution in [-0.4, -0.2) is 66.4 Å². The number of imide groups is 1. The van der Waals surface area contributed by atoms with Crippen molar-refractivity contribution < 1.29 is 14.4 Å². The summed E-state index contributed by atoms with van der Waals surface area (Å²) in [6, 6.07) is -0.340. The first-order valence-corrected chi connectivity index (χ1v) is 8.12. The number of halogens is 1. The summed E-state index contributed by atoms with van der Waals surface area (Å²) in [5, 5.41) is 5.96. The number of carbonyl (C=O) groups is 3. The zero-order valence-electron chi connectivity index (χ0n) is 13.5. The highest BCUT2D eigenvalue weighted by molar-refractivity contribution is 6.08. The summed E-state index contributed by atoms with van der Waals surface area (Å²) < 4.78 is 0. The highest BCUT2D eigenvalue weighted by Gasteiger charge is 2.55. The van der Waals surface area contributed by atoms with Crippen molar-refractivity contribution in [2.75, 3.05) is 33.2 Å². The van der Waals surface area contributed by atoms with Gasteiger partial charge in [0.15, 0.2) is 0 Å². The molecule has 2 saturated heterocycles. The highest BCUT2D eigenvalue weighted by Crippen LogP contribution is 2.39. The lowest BCUT2D eigenvalue weighted by Crippen LogP contribution is -2.51. The molecule has 2 heterocycles. The fourth-order valence-electron chi connectivity index (χ4n) is 3.62. The highest BCUT2D eigenvalue weighted by atomic mass is 35.5. The molecule has 1 saturated carbocycles. The van der Waals surface area contributed by atoms with Gasteiger partial charge in [-0.05, 0) is 12.8 Å². The van der Waals surface area contributed by atoms with Gasteiger partial charge in [-0.15, -0.1) is 12.4 Å². The van der Waals surface area contributed by atoms with E-state index in [1.807, 2.05) is 0 Å². The molecule has 3 aliphatic rings. The predicted molar refractivity (Wildman–Crippen MR) is 87.3 cm³/mol. The summed E-state index contributed by atoms with van der Waals surface area (Å²) in [6.07, 6.45) is 4.43. The lowest BCUT2D eigenvalue weighted by molar-refractivity contribution is -0.137. The Labute approximate surface area is 142 Å². The van der Waals surface area contributed by atoms with Crippen molar-refractivity contribution in [1.82, 2.24) is 20.4 Å². The largest absolute Gasteiger partial charge is 0.354 e. The minimum atomic E-state index is -0.701. The van der Waals surface area contributed by atoms with Crippen LogP contribution in [0.1, 0.15) is 32.1 Å². The normalized spacial score (nSPS) is 23.7. The van der Waals surface area contributed by atoms with Crippen molar-refractivity contribution >= 4 is 30.3 Å². The molecule has 0 aromatic carbocycles. The Hall–Kier alpha value is -1.34. The second kappa shape index (κ2) is 7.05. The van der Waals surface area contributed by atoms with E-state index in [2.05, 4.69) is 10.6 Å². The number of hydrogen-bond acceptors (Lipinski definition) is 4. The molecule has 0 unspecified atom stereocenters. The molecule has 130 valence electrons. The third kappa shape index (κ3) is 3.17. The molecule has 1 spiro atoms. The number of amides is 4. The van der Waals surface area contributed by atoms with E-state index in [1.54, 1.807) is 11.9 Å². The minimum absolute atomic E-state index is 0. The zero-order valence-corrected chi connectivity index (χ0v) is 14.3. The molecule has 8 heteroatoms. The minimum Gasteiger partial charge on any atom is -0.354 e. The Bertz CT molecular complexity index is 489. The van der Waals surface area contributed by atoms with Gasteiger partial charge in [0.2, 0.25) is 5.91 Å². The van der Waals surface area contributed by atoms with Crippen LogP contribution in [-0.2, 0) is 9.59 Å². The second-order valence-electron chi connectivity index (χ2n) is 6.65. The lowest BCUT2D eigenvalue weighted by atomic mass is 9.81. The Kier molecular flexibility index (Phi) is 5.52. The standard InChI is InChI=1S/C15H24N4O3.ClH/c1-18-14(22)19(10-12(20)17-9-11-7-16-8-11)13(21)15(18)5-3-2-4-6-15;/h11,16H,2-10H2,1H3,(H,17,20);1H. The molecule has 0 atom stereocenters. The topological polar surface area (TPSA) is 81.8 Å². The van der Waals surface area contributed by atoms with Crippen LogP contribution in [0, 0.1) is 5.92 Å². The fraction of sp³-hybridized carbons (Fsp3) is 0.800. The van der Waals surface area contributed by atoms with Crippen molar-refractivity contribution in [2.24, 2.45) is 5.92 Å². The first-order valence-electron chi connectivity index (χ1n) is 8.12. The molecule has 3 rings (SSSR count). The summed E-state index contributed by atoms with van der Waals surface area (Å²) in [4.78, 5) is 39.8. The molecule has 3 fully saturated rings. The Morgan fingerprint density at radius 1 is 1.26 bits per heavy atom. The summed E-state index contributed by atoms with van der Waals surface area (Å²) in [5.41, 5.74) is -0.701. The van der Waals surface area contributed by atoms with Crippen LogP contribution in [0.5, 0.6) is 0 Å². The lowest BCUT2D eigenvalue weighted by Gasteiger charge is -2.35. The van der Waals surface area contributed by atoms with Crippen molar-refractivity contribution in [3.8, 4) is 0 Å². The van der Waals surface area contributed by atoms with E-state index in [0.29, 0.717) is 25.3 Å². The number of hydrogen-bond donors (Lipinski definition) is 2. The second-order valence-corrected chi connectivity index (χ2v) is 6.65. The average Bonchev–Trinajstić information content (AvgIpc) is 2.63. The molecule has 2 N–H and O–H groups in total. The molecule has 7 nitrogen and oxygen atoms in total. The van der Waals surface area contributed by atoms with E-state index >= 15 is 0 Å². The number of likely N-dealkylation sites (N-methyl/N-ethyl adjacent to an activating group) is 1. The van der Waals surface area contributed by atoms with Crippen LogP contribution in [0.4, 0.5) is 4.79 Å². The molecule has 0 aromatic rings. The Balaban J connectivity index is 0.00000192. The first kappa shape index (κ1) is 18.0. The molecule has 4 amide bonds. The summed E-state index contributed by atoms with van der Waals surface area (Å²) in [5.74, 6) is 0.0105. The van der Waals surface area contributed by atoms with Crippen LogP contribution in [0.15, 0.2) is 0 Å². The van der Waals surface area contributed by atoms with Crippen LogP contribution in [0.2, 0.25) is 0 Å². The number of nitrogens with one attached hydrogen (secondary N) is 2. The van der Waals surface area contributed by atoms with E-state index in [9.17, 15) is 14.4 Å². The zero-order chi connectivity index (χ0) is 15.7. The molecule has 0 radical (unpaired) electrons. The van der Waals surface area contributed by atoms with Gasteiger partial charge in [-0.3, -0.25) is 14.5 Å². The summed E-state index contributed by atoms with van der Waals surface area (Å²) in [7, 11) is 1.68. The molecule has 0 aromatic heterocycles. The van der Waals surface area contributed by atoms with Crippen molar-refractivity contribution in [1.29, 1.82) is 0 Å².